The van der Waals surface area contributed by atoms with Crippen molar-refractivity contribution in [2.45, 2.75) is 65.1 Å². The minimum atomic E-state index is -0.679. The summed E-state index contributed by atoms with van der Waals surface area (Å²) in [6.45, 7) is 11.2. The van der Waals surface area contributed by atoms with Gasteiger partial charge in [0.2, 0.25) is 0 Å². The number of carbonyl (C=O) groups is 1. The lowest BCUT2D eigenvalue weighted by atomic mass is 9.47. The molecule has 4 nitrogen and oxygen atoms in total. The van der Waals surface area contributed by atoms with Crippen LogP contribution in [-0.2, 0) is 14.6 Å². The summed E-state index contributed by atoms with van der Waals surface area (Å²) in [6.07, 6.45) is 7.44. The fourth-order valence-corrected chi connectivity index (χ4v) is 5.73. The molecule has 134 valence electrons. The highest BCUT2D eigenvalue weighted by molar-refractivity contribution is 5.75. The van der Waals surface area contributed by atoms with Gasteiger partial charge in [0.1, 0.15) is 18.5 Å². The highest BCUT2D eigenvalue weighted by Gasteiger charge is 2.55. The Hall–Kier alpha value is -0.970. The summed E-state index contributed by atoms with van der Waals surface area (Å²) >= 11 is 0. The first kappa shape index (κ1) is 17.8. The van der Waals surface area contributed by atoms with Gasteiger partial charge in [-0.3, -0.25) is 4.79 Å². The van der Waals surface area contributed by atoms with Gasteiger partial charge in [0, 0.05) is 11.5 Å². The Morgan fingerprint density at radius 3 is 2.75 bits per heavy atom. The van der Waals surface area contributed by atoms with Gasteiger partial charge in [-0.25, -0.2) is 9.78 Å². The number of hydrogen-bond donors (Lipinski definition) is 1. The molecule has 24 heavy (non-hydrogen) atoms. The molecular weight excluding hydrogens is 304 g/mol. The first-order chi connectivity index (χ1) is 11.3. The molecule has 1 heterocycles. The molecule has 0 saturated heterocycles. The van der Waals surface area contributed by atoms with E-state index in [-0.39, 0.29) is 24.0 Å². The van der Waals surface area contributed by atoms with Crippen LogP contribution in [0, 0.1) is 22.7 Å². The molecule has 4 heteroatoms. The molecule has 0 radical (unpaired) electrons. The lowest BCUT2D eigenvalue weighted by Crippen LogP contribution is -2.53. The molecule has 0 aromatic rings. The maximum absolute atomic E-state index is 11.4. The molecular formula is C20H30O4. The summed E-state index contributed by atoms with van der Waals surface area (Å²) in [5, 5.41) is 9.33. The smallest absolute Gasteiger partial charge is 0.148 e. The summed E-state index contributed by atoms with van der Waals surface area (Å²) in [4.78, 5) is 22.3. The van der Waals surface area contributed by atoms with Crippen molar-refractivity contribution >= 4 is 6.29 Å². The molecule has 0 bridgehead atoms. The van der Waals surface area contributed by atoms with Crippen LogP contribution in [0.2, 0.25) is 0 Å². The van der Waals surface area contributed by atoms with Crippen molar-refractivity contribution in [3.8, 4) is 0 Å². The van der Waals surface area contributed by atoms with Crippen LogP contribution in [0.15, 0.2) is 23.8 Å². The van der Waals surface area contributed by atoms with E-state index in [0.717, 1.165) is 19.1 Å². The van der Waals surface area contributed by atoms with Crippen molar-refractivity contribution in [3.63, 3.8) is 0 Å². The third-order valence-corrected chi connectivity index (χ3v) is 6.82. The van der Waals surface area contributed by atoms with Crippen LogP contribution in [0.5, 0.6) is 0 Å². The normalized spacial score (nSPS) is 42.2. The zero-order valence-corrected chi connectivity index (χ0v) is 15.1. The molecule has 3 aliphatic rings. The van der Waals surface area contributed by atoms with Gasteiger partial charge in [0.15, 0.2) is 0 Å². The van der Waals surface area contributed by atoms with Gasteiger partial charge in [-0.05, 0) is 48.5 Å². The minimum Gasteiger partial charge on any atom is -0.393 e. The average molecular weight is 334 g/mol. The van der Waals surface area contributed by atoms with Crippen LogP contribution in [0.4, 0.5) is 0 Å². The van der Waals surface area contributed by atoms with E-state index in [0.29, 0.717) is 16.9 Å². The van der Waals surface area contributed by atoms with Crippen molar-refractivity contribution < 1.29 is 19.7 Å². The quantitative estimate of drug-likeness (QED) is 0.487. The first-order valence-electron chi connectivity index (χ1n) is 9.11. The number of hydrogen-bond acceptors (Lipinski definition) is 4. The third kappa shape index (κ3) is 2.79. The van der Waals surface area contributed by atoms with Crippen LogP contribution < -0.4 is 0 Å². The van der Waals surface area contributed by atoms with E-state index in [9.17, 15) is 9.90 Å². The SMILES string of the molecule is C=C1CC[C@H]2C(C)(C)CCC[C@]2(C)[C@H]1[C@H]1C=C(C=O)[C@H](CO)OO1. The Morgan fingerprint density at radius 2 is 2.08 bits per heavy atom. The van der Waals surface area contributed by atoms with Gasteiger partial charge in [-0.1, -0.05) is 39.3 Å². The molecule has 2 aliphatic carbocycles. The standard InChI is InChI=1S/C20H30O4/c1-13-6-7-17-19(2,3)8-5-9-20(17,4)18(13)15-10-14(11-21)16(12-22)24-23-15/h10-11,15-18,22H,1,5-9,12H2,2-4H3/t15-,16+,17+,18-,20+/m1/s1. The van der Waals surface area contributed by atoms with Crippen molar-refractivity contribution in [2.75, 3.05) is 6.61 Å². The number of aliphatic hydroxyl groups is 1. The van der Waals surface area contributed by atoms with Crippen LogP contribution in [0.1, 0.15) is 52.9 Å². The molecule has 2 fully saturated rings. The molecule has 2 saturated carbocycles. The van der Waals surface area contributed by atoms with E-state index >= 15 is 0 Å². The van der Waals surface area contributed by atoms with Crippen LogP contribution >= 0.6 is 0 Å². The molecule has 3 rings (SSSR count). The maximum Gasteiger partial charge on any atom is 0.148 e. The summed E-state index contributed by atoms with van der Waals surface area (Å²) in [6, 6.07) is 0. The van der Waals surface area contributed by atoms with Crippen molar-refractivity contribution in [1.29, 1.82) is 0 Å². The zero-order chi connectivity index (χ0) is 17.5. The highest BCUT2D eigenvalue weighted by atomic mass is 17.2. The fraction of sp³-hybridized carbons (Fsp3) is 0.750. The molecule has 5 atom stereocenters. The average Bonchev–Trinajstić information content (AvgIpc) is 2.53. The number of carbonyl (C=O) groups excluding carboxylic acids is 1. The second-order valence-electron chi connectivity index (χ2n) is 8.69. The molecule has 0 unspecified atom stereocenters. The number of rotatable bonds is 3. The van der Waals surface area contributed by atoms with E-state index in [4.69, 9.17) is 9.78 Å². The summed E-state index contributed by atoms with van der Waals surface area (Å²) < 4.78 is 0. The summed E-state index contributed by atoms with van der Waals surface area (Å²) in [5.41, 5.74) is 2.08. The van der Waals surface area contributed by atoms with E-state index in [1.807, 2.05) is 6.08 Å². The van der Waals surface area contributed by atoms with Gasteiger partial charge in [0.05, 0.1) is 6.61 Å². The lowest BCUT2D eigenvalue weighted by molar-refractivity contribution is -0.358. The monoisotopic (exact) mass is 334 g/mol. The Morgan fingerprint density at radius 1 is 1.33 bits per heavy atom. The van der Waals surface area contributed by atoms with Gasteiger partial charge >= 0.3 is 0 Å². The number of fused-ring (bicyclic) bond motifs is 1. The van der Waals surface area contributed by atoms with Crippen molar-refractivity contribution in [1.82, 2.24) is 0 Å². The predicted octanol–water partition coefficient (Wildman–Crippen LogP) is 3.60. The second-order valence-corrected chi connectivity index (χ2v) is 8.69. The first-order valence-corrected chi connectivity index (χ1v) is 9.11. The largest absolute Gasteiger partial charge is 0.393 e. The minimum absolute atomic E-state index is 0.0989. The Kier molecular flexibility index (Phi) is 4.75. The lowest BCUT2D eigenvalue weighted by Gasteiger charge is -2.59. The zero-order valence-electron chi connectivity index (χ0n) is 15.1. The molecule has 0 amide bonds. The third-order valence-electron chi connectivity index (χ3n) is 6.82. The molecule has 0 spiro atoms. The number of aliphatic hydroxyl groups excluding tert-OH is 1. The van der Waals surface area contributed by atoms with Crippen LogP contribution in [0.3, 0.4) is 0 Å². The number of aldehydes is 1. The molecule has 1 N–H and O–H groups in total. The highest BCUT2D eigenvalue weighted by Crippen LogP contribution is 2.62. The molecule has 1 aliphatic heterocycles. The molecule has 0 aromatic carbocycles. The van der Waals surface area contributed by atoms with E-state index < -0.39 is 6.10 Å². The van der Waals surface area contributed by atoms with Crippen molar-refractivity contribution in [3.05, 3.63) is 23.8 Å². The Balaban J connectivity index is 1.96. The van der Waals surface area contributed by atoms with E-state index in [1.165, 1.54) is 24.8 Å². The van der Waals surface area contributed by atoms with Gasteiger partial charge in [-0.15, -0.1) is 0 Å². The summed E-state index contributed by atoms with van der Waals surface area (Å²) in [7, 11) is 0. The van der Waals surface area contributed by atoms with Crippen molar-refractivity contribution in [2.24, 2.45) is 22.7 Å². The maximum atomic E-state index is 11.4. The van der Waals surface area contributed by atoms with E-state index in [1.54, 1.807) is 0 Å². The fourth-order valence-electron chi connectivity index (χ4n) is 5.73. The van der Waals surface area contributed by atoms with Crippen LogP contribution in [0.25, 0.3) is 0 Å². The second kappa shape index (κ2) is 6.40. The van der Waals surface area contributed by atoms with E-state index in [2.05, 4.69) is 27.4 Å². The van der Waals surface area contributed by atoms with Gasteiger partial charge in [0.25, 0.3) is 0 Å². The molecule has 0 aromatic heterocycles. The Bertz CT molecular complexity index is 550. The topological polar surface area (TPSA) is 55.8 Å². The predicted molar refractivity (Wildman–Crippen MR) is 92.1 cm³/mol. The Labute approximate surface area is 144 Å². The van der Waals surface area contributed by atoms with Crippen LogP contribution in [-0.4, -0.2) is 30.2 Å². The summed E-state index contributed by atoms with van der Waals surface area (Å²) in [5.74, 6) is 0.756. The van der Waals surface area contributed by atoms with Gasteiger partial charge < -0.3 is 5.11 Å². The van der Waals surface area contributed by atoms with Gasteiger partial charge in [-0.2, -0.15) is 0 Å².